The molecule has 1 aliphatic heterocycles. The van der Waals surface area contributed by atoms with E-state index in [0.717, 1.165) is 70.2 Å². The maximum absolute atomic E-state index is 5.23. The fourth-order valence-corrected chi connectivity index (χ4v) is 3.63. The van der Waals surface area contributed by atoms with Crippen LogP contribution in [0.2, 0.25) is 0 Å². The third-order valence-corrected chi connectivity index (χ3v) is 5.53. The van der Waals surface area contributed by atoms with Crippen molar-refractivity contribution in [3.63, 3.8) is 0 Å². The quantitative estimate of drug-likeness (QED) is 0.365. The Hall–Kier alpha value is -1.79. The zero-order valence-electron chi connectivity index (χ0n) is 18.0. The number of nitrogens with one attached hydrogen (secondary N) is 2. The largest absolute Gasteiger partial charge is 0.497 e. The van der Waals surface area contributed by atoms with Crippen LogP contribution in [0.5, 0.6) is 5.75 Å². The number of benzene rings is 1. The van der Waals surface area contributed by atoms with Crippen LogP contribution in [0.25, 0.3) is 0 Å². The van der Waals surface area contributed by atoms with Crippen LogP contribution >= 0.6 is 0 Å². The third-order valence-electron chi connectivity index (χ3n) is 5.53. The highest BCUT2D eigenvalue weighted by Crippen LogP contribution is 2.21. The van der Waals surface area contributed by atoms with Crippen molar-refractivity contribution in [3.8, 4) is 5.75 Å². The van der Waals surface area contributed by atoms with Crippen LogP contribution in [0, 0.1) is 0 Å². The van der Waals surface area contributed by atoms with E-state index in [1.807, 2.05) is 19.2 Å². The van der Waals surface area contributed by atoms with E-state index in [-0.39, 0.29) is 0 Å². The number of methoxy groups -OCH3 is 2. The molecule has 1 aliphatic rings. The second kappa shape index (κ2) is 12.6. The summed E-state index contributed by atoms with van der Waals surface area (Å²) in [6.07, 6.45) is 4.50. The molecule has 2 N–H and O–H groups in total. The summed E-state index contributed by atoms with van der Waals surface area (Å²) >= 11 is 0. The summed E-state index contributed by atoms with van der Waals surface area (Å²) in [5.74, 6) is 2.31. The molecule has 0 bridgehead atoms. The summed E-state index contributed by atoms with van der Waals surface area (Å²) in [6, 6.07) is 8.86. The number of guanidine groups is 1. The van der Waals surface area contributed by atoms with Gasteiger partial charge >= 0.3 is 0 Å². The van der Waals surface area contributed by atoms with Crippen molar-refractivity contribution in [2.75, 3.05) is 54.1 Å². The number of hydrogen-bond donors (Lipinski definition) is 2. The average Bonchev–Trinajstić information content (AvgIpc) is 2.74. The van der Waals surface area contributed by atoms with Gasteiger partial charge in [0.15, 0.2) is 5.96 Å². The fourth-order valence-electron chi connectivity index (χ4n) is 3.63. The first kappa shape index (κ1) is 22.5. The maximum Gasteiger partial charge on any atom is 0.191 e. The van der Waals surface area contributed by atoms with Crippen LogP contribution in [0.3, 0.4) is 0 Å². The molecule has 1 fully saturated rings. The number of hydrogen-bond acceptors (Lipinski definition) is 4. The van der Waals surface area contributed by atoms with E-state index >= 15 is 0 Å². The van der Waals surface area contributed by atoms with E-state index in [1.54, 1.807) is 14.2 Å². The van der Waals surface area contributed by atoms with Gasteiger partial charge in [-0.2, -0.15) is 0 Å². The van der Waals surface area contributed by atoms with Crippen LogP contribution in [0.1, 0.15) is 44.1 Å². The number of ether oxygens (including phenoxy) is 2. The Labute approximate surface area is 170 Å². The number of piperidine rings is 1. The van der Waals surface area contributed by atoms with Crippen LogP contribution in [-0.4, -0.2) is 71.0 Å². The van der Waals surface area contributed by atoms with E-state index in [2.05, 4.69) is 39.6 Å². The molecule has 6 nitrogen and oxygen atoms in total. The van der Waals surface area contributed by atoms with E-state index in [0.29, 0.717) is 12.0 Å². The van der Waals surface area contributed by atoms with Gasteiger partial charge < -0.3 is 25.0 Å². The van der Waals surface area contributed by atoms with Crippen LogP contribution in [0.4, 0.5) is 0 Å². The first-order chi connectivity index (χ1) is 13.7. The minimum Gasteiger partial charge on any atom is -0.497 e. The molecule has 6 heteroatoms. The zero-order valence-corrected chi connectivity index (χ0v) is 18.0. The Kier molecular flexibility index (Phi) is 10.1. The molecule has 158 valence electrons. The van der Waals surface area contributed by atoms with Gasteiger partial charge in [0.25, 0.3) is 0 Å². The molecule has 1 aromatic rings. The van der Waals surface area contributed by atoms with Gasteiger partial charge in [-0.15, -0.1) is 0 Å². The van der Waals surface area contributed by atoms with Crippen LogP contribution in [-0.2, 0) is 4.74 Å². The van der Waals surface area contributed by atoms with E-state index in [1.165, 1.54) is 5.56 Å². The summed E-state index contributed by atoms with van der Waals surface area (Å²) in [5.41, 5.74) is 1.34. The number of aliphatic imine (C=N–C) groups is 1. The molecular weight excluding hydrogens is 352 g/mol. The van der Waals surface area contributed by atoms with Crippen LogP contribution < -0.4 is 15.4 Å². The van der Waals surface area contributed by atoms with Gasteiger partial charge in [0.05, 0.1) is 7.11 Å². The number of likely N-dealkylation sites (tertiary alicyclic amines) is 1. The van der Waals surface area contributed by atoms with Crippen molar-refractivity contribution >= 4 is 5.96 Å². The molecule has 1 saturated heterocycles. The second-order valence-electron chi connectivity index (χ2n) is 7.57. The Bertz CT molecular complexity index is 568. The minimum absolute atomic E-state index is 0.492. The molecule has 28 heavy (non-hydrogen) atoms. The molecule has 2 rings (SSSR count). The first-order valence-electron chi connectivity index (χ1n) is 10.5. The molecule has 0 saturated carbocycles. The Morgan fingerprint density at radius 2 is 1.93 bits per heavy atom. The monoisotopic (exact) mass is 390 g/mol. The topological polar surface area (TPSA) is 58.1 Å². The van der Waals surface area contributed by atoms with Crippen molar-refractivity contribution in [2.45, 2.75) is 44.6 Å². The molecule has 0 spiro atoms. The standard InChI is InChI=1S/C22H38N4O2/c1-18(19-6-8-21(28-4)9-7-19)10-13-24-22(23-2)25-20-11-15-26(16-12-20)14-5-17-27-3/h6-9,18,20H,5,10-17H2,1-4H3,(H2,23,24,25). The summed E-state index contributed by atoms with van der Waals surface area (Å²) in [4.78, 5) is 6.93. The van der Waals surface area contributed by atoms with Gasteiger partial charge in [0, 0.05) is 53.0 Å². The average molecular weight is 391 g/mol. The van der Waals surface area contributed by atoms with Gasteiger partial charge in [-0.3, -0.25) is 4.99 Å². The fraction of sp³-hybridized carbons (Fsp3) is 0.682. The van der Waals surface area contributed by atoms with Crippen LogP contribution in [0.15, 0.2) is 29.3 Å². The van der Waals surface area contributed by atoms with E-state index in [4.69, 9.17) is 9.47 Å². The normalized spacial score (nSPS) is 17.4. The van der Waals surface area contributed by atoms with Crippen molar-refractivity contribution in [3.05, 3.63) is 29.8 Å². The van der Waals surface area contributed by atoms with E-state index < -0.39 is 0 Å². The molecule has 0 amide bonds. The Morgan fingerprint density at radius 3 is 2.54 bits per heavy atom. The molecule has 0 aromatic heterocycles. The predicted molar refractivity (Wildman–Crippen MR) is 116 cm³/mol. The lowest BCUT2D eigenvalue weighted by atomic mass is 9.98. The van der Waals surface area contributed by atoms with Crippen molar-refractivity contribution in [1.82, 2.24) is 15.5 Å². The van der Waals surface area contributed by atoms with Crippen molar-refractivity contribution in [2.24, 2.45) is 4.99 Å². The number of nitrogens with zero attached hydrogens (tertiary/aromatic N) is 2. The van der Waals surface area contributed by atoms with Gasteiger partial charge in [-0.1, -0.05) is 19.1 Å². The zero-order chi connectivity index (χ0) is 20.2. The summed E-state index contributed by atoms with van der Waals surface area (Å²) < 4.78 is 10.4. The van der Waals surface area contributed by atoms with E-state index in [9.17, 15) is 0 Å². The molecule has 1 atom stereocenters. The molecule has 0 aliphatic carbocycles. The van der Waals surface area contributed by atoms with Gasteiger partial charge in [-0.05, 0) is 49.3 Å². The van der Waals surface area contributed by atoms with Gasteiger partial charge in [-0.25, -0.2) is 0 Å². The van der Waals surface area contributed by atoms with Gasteiger partial charge in [0.1, 0.15) is 5.75 Å². The smallest absolute Gasteiger partial charge is 0.191 e. The van der Waals surface area contributed by atoms with Crippen molar-refractivity contribution < 1.29 is 9.47 Å². The number of rotatable bonds is 10. The minimum atomic E-state index is 0.492. The molecule has 1 heterocycles. The summed E-state index contributed by atoms with van der Waals surface area (Å²) in [7, 11) is 5.32. The summed E-state index contributed by atoms with van der Waals surface area (Å²) in [6.45, 7) is 7.45. The Morgan fingerprint density at radius 1 is 1.21 bits per heavy atom. The molecule has 0 radical (unpaired) electrons. The SMILES string of the molecule is CN=C(NCCC(C)c1ccc(OC)cc1)NC1CCN(CCCOC)CC1. The summed E-state index contributed by atoms with van der Waals surface area (Å²) in [5, 5.41) is 7.07. The highest BCUT2D eigenvalue weighted by Gasteiger charge is 2.19. The Balaban J connectivity index is 1.66. The lowest BCUT2D eigenvalue weighted by Gasteiger charge is -2.33. The lowest BCUT2D eigenvalue weighted by Crippen LogP contribution is -2.49. The highest BCUT2D eigenvalue weighted by atomic mass is 16.5. The highest BCUT2D eigenvalue weighted by molar-refractivity contribution is 5.79. The predicted octanol–water partition coefficient (Wildman–Crippen LogP) is 2.85. The van der Waals surface area contributed by atoms with Crippen molar-refractivity contribution in [1.29, 1.82) is 0 Å². The third kappa shape index (κ3) is 7.68. The first-order valence-corrected chi connectivity index (χ1v) is 10.5. The molecular formula is C22H38N4O2. The maximum atomic E-state index is 5.23. The molecule has 1 unspecified atom stereocenters. The lowest BCUT2D eigenvalue weighted by molar-refractivity contribution is 0.155. The van der Waals surface area contributed by atoms with Gasteiger partial charge in [0.2, 0.25) is 0 Å². The molecule has 1 aromatic carbocycles. The second-order valence-corrected chi connectivity index (χ2v) is 7.57.